The number of aliphatic hydroxyl groups excluding tert-OH is 2. The average molecular weight is 798 g/mol. The summed E-state index contributed by atoms with van der Waals surface area (Å²) >= 11 is 0. The van der Waals surface area contributed by atoms with E-state index < -0.39 is 103 Å². The molecule has 0 radical (unpaired) electrons. The zero-order valence-electron chi connectivity index (χ0n) is 34.8. The molecule has 0 aromatic rings. The first kappa shape index (κ1) is 47.6. The molecule has 0 aromatic heterocycles. The van der Waals surface area contributed by atoms with Crippen LogP contribution in [0, 0.1) is 11.8 Å². The van der Waals surface area contributed by atoms with Gasteiger partial charge in [-0.15, -0.1) is 0 Å². The summed E-state index contributed by atoms with van der Waals surface area (Å²) < 4.78 is 55.1. The SMILES string of the molecule is C=CO[C@H]1[C@H](C)O[C@@H](O[C@H]2[C@H](N(C)C)[C@@H](O)[C@H](O[C@H]3[C@@H](CC=O)C[C@@H](C)[C@@H](O)/C=C/C=C/C[C@@H](C)OC(=O)C[C@@H](OC(=O)CC)[C@@H]3OC)O[C@@H]2C)C[C@@]1(C)OC. The van der Waals surface area contributed by atoms with E-state index in [-0.39, 0.29) is 31.6 Å². The maximum Gasteiger partial charge on any atom is 0.309 e. The topological polar surface area (TPSA) is 178 Å². The zero-order valence-corrected chi connectivity index (χ0v) is 34.8. The Balaban J connectivity index is 2.04. The van der Waals surface area contributed by atoms with Crippen molar-refractivity contribution < 1.29 is 67.2 Å². The van der Waals surface area contributed by atoms with Gasteiger partial charge in [-0.25, -0.2) is 0 Å². The van der Waals surface area contributed by atoms with Crippen molar-refractivity contribution in [1.82, 2.24) is 4.90 Å². The Morgan fingerprint density at radius 3 is 2.38 bits per heavy atom. The van der Waals surface area contributed by atoms with Crippen LogP contribution in [-0.2, 0) is 57.0 Å². The molecule has 2 fully saturated rings. The fraction of sp³-hybridized carbons (Fsp3) is 0.780. The number of carbonyl (C=O) groups is 3. The van der Waals surface area contributed by atoms with Crippen LogP contribution in [0.1, 0.15) is 80.1 Å². The standard InChI is InChI=1S/C41H67NO14/c1-12-31(45)54-30-22-32(46)51-25(4)17-15-14-16-18-29(44)24(3)21-28(19-20-43)37(38(30)48-10)56-40-35(47)34(42(8)9)36(26(5)53-40)55-33-23-41(7,49-11)39(50-13-2)27(6)52-33/h13-16,18,20,24-30,33-40,44,47H,2,12,17,19,21-23H2,1,3-11H3/b15-14+,18-16+/t24-,25-,26-,27+,28+,29+,30-,33+,34-,35-,36-,37+,38+,39+,40+,41-/m1/s1. The number of hydrogen-bond acceptors (Lipinski definition) is 15. The van der Waals surface area contributed by atoms with Gasteiger partial charge in [0.15, 0.2) is 18.7 Å². The Kier molecular flexibility index (Phi) is 19.1. The molecule has 3 aliphatic rings. The Labute approximate surface area is 332 Å². The number of aldehydes is 1. The number of nitrogens with zero attached hydrogens (tertiary/aromatic N) is 1. The van der Waals surface area contributed by atoms with Crippen molar-refractivity contribution >= 4 is 18.2 Å². The van der Waals surface area contributed by atoms with E-state index in [1.54, 1.807) is 60.2 Å². The number of ether oxygens (including phenoxy) is 9. The lowest BCUT2D eigenvalue weighted by molar-refractivity contribution is -0.345. The molecule has 56 heavy (non-hydrogen) atoms. The smallest absolute Gasteiger partial charge is 0.309 e. The van der Waals surface area contributed by atoms with Crippen LogP contribution < -0.4 is 0 Å². The van der Waals surface area contributed by atoms with E-state index in [0.717, 1.165) is 6.29 Å². The third kappa shape index (κ3) is 12.6. The van der Waals surface area contributed by atoms with Crippen LogP contribution >= 0.6 is 0 Å². The molecule has 0 aromatic carbocycles. The van der Waals surface area contributed by atoms with E-state index >= 15 is 0 Å². The van der Waals surface area contributed by atoms with Crippen molar-refractivity contribution in [3.05, 3.63) is 37.1 Å². The van der Waals surface area contributed by atoms with Crippen molar-refractivity contribution in [3.8, 4) is 0 Å². The number of cyclic esters (lactones) is 1. The molecule has 3 heterocycles. The third-order valence-corrected chi connectivity index (χ3v) is 11.0. The molecule has 3 rings (SSSR count). The molecule has 16 atom stereocenters. The first-order chi connectivity index (χ1) is 26.5. The Morgan fingerprint density at radius 2 is 1.77 bits per heavy atom. The minimum absolute atomic E-state index is 0.0187. The molecular weight excluding hydrogens is 730 g/mol. The number of rotatable bonds is 13. The van der Waals surface area contributed by atoms with Gasteiger partial charge in [0.2, 0.25) is 0 Å². The fourth-order valence-corrected chi connectivity index (χ4v) is 7.91. The van der Waals surface area contributed by atoms with Crippen molar-refractivity contribution in [2.24, 2.45) is 11.8 Å². The highest BCUT2D eigenvalue weighted by molar-refractivity contribution is 5.72. The zero-order chi connectivity index (χ0) is 41.7. The predicted molar refractivity (Wildman–Crippen MR) is 205 cm³/mol. The molecule has 0 spiro atoms. The first-order valence-corrected chi connectivity index (χ1v) is 19.7. The Hall–Kier alpha value is -2.73. The lowest BCUT2D eigenvalue weighted by Gasteiger charge is -2.51. The summed E-state index contributed by atoms with van der Waals surface area (Å²) in [5, 5.41) is 23.2. The van der Waals surface area contributed by atoms with Crippen LogP contribution in [0.5, 0.6) is 0 Å². The number of allylic oxidation sites excluding steroid dienone is 2. The summed E-state index contributed by atoms with van der Waals surface area (Å²) in [6, 6.07) is -0.695. The molecule has 15 nitrogen and oxygen atoms in total. The van der Waals surface area contributed by atoms with E-state index in [0.29, 0.717) is 12.8 Å². The van der Waals surface area contributed by atoms with Gasteiger partial charge < -0.3 is 62.5 Å². The van der Waals surface area contributed by atoms with Gasteiger partial charge in [0.1, 0.15) is 42.4 Å². The molecule has 0 aliphatic carbocycles. The van der Waals surface area contributed by atoms with Crippen molar-refractivity contribution in [2.45, 2.75) is 165 Å². The van der Waals surface area contributed by atoms with Crippen LogP contribution in [0.3, 0.4) is 0 Å². The molecule has 3 aliphatic heterocycles. The van der Waals surface area contributed by atoms with E-state index in [4.69, 9.17) is 42.6 Å². The molecular formula is C41H67NO14. The van der Waals surface area contributed by atoms with Gasteiger partial charge in [0, 0.05) is 39.9 Å². The van der Waals surface area contributed by atoms with E-state index in [9.17, 15) is 24.6 Å². The first-order valence-electron chi connectivity index (χ1n) is 19.7. The summed E-state index contributed by atoms with van der Waals surface area (Å²) in [7, 11) is 6.59. The Bertz CT molecular complexity index is 1310. The van der Waals surface area contributed by atoms with E-state index in [2.05, 4.69) is 6.58 Å². The number of esters is 2. The second-order valence-corrected chi connectivity index (χ2v) is 15.6. The normalized spacial score (nSPS) is 41.6. The third-order valence-electron chi connectivity index (χ3n) is 11.0. The average Bonchev–Trinajstić information content (AvgIpc) is 3.13. The molecule has 320 valence electrons. The van der Waals surface area contributed by atoms with Gasteiger partial charge in [-0.05, 0) is 60.0 Å². The van der Waals surface area contributed by atoms with Crippen molar-refractivity contribution in [2.75, 3.05) is 28.3 Å². The van der Waals surface area contributed by atoms with Crippen LogP contribution in [0.4, 0.5) is 0 Å². The summed E-state index contributed by atoms with van der Waals surface area (Å²) in [6.45, 7) is 14.5. The summed E-state index contributed by atoms with van der Waals surface area (Å²) in [4.78, 5) is 40.3. The quantitative estimate of drug-likeness (QED) is 0.157. The highest BCUT2D eigenvalue weighted by Gasteiger charge is 2.53. The second kappa shape index (κ2) is 22.4. The van der Waals surface area contributed by atoms with Crippen molar-refractivity contribution in [3.63, 3.8) is 0 Å². The molecule has 0 amide bonds. The number of methoxy groups -OCH3 is 2. The highest BCUT2D eigenvalue weighted by atomic mass is 16.7. The number of likely N-dealkylation sites (N-methyl/N-ethyl adjacent to an activating group) is 1. The summed E-state index contributed by atoms with van der Waals surface area (Å²) in [6.07, 6.45) is -0.850. The molecule has 2 N–H and O–H groups in total. The summed E-state index contributed by atoms with van der Waals surface area (Å²) in [5.74, 6) is -2.25. The molecule has 0 unspecified atom stereocenters. The minimum atomic E-state index is -1.33. The van der Waals surface area contributed by atoms with Gasteiger partial charge in [0.25, 0.3) is 0 Å². The maximum atomic E-state index is 13.3. The van der Waals surface area contributed by atoms with Crippen LogP contribution in [0.15, 0.2) is 37.1 Å². The largest absolute Gasteiger partial charge is 0.493 e. The van der Waals surface area contributed by atoms with Gasteiger partial charge in [-0.1, -0.05) is 44.7 Å². The van der Waals surface area contributed by atoms with Gasteiger partial charge in [-0.2, -0.15) is 0 Å². The van der Waals surface area contributed by atoms with Crippen molar-refractivity contribution in [1.29, 1.82) is 0 Å². The van der Waals surface area contributed by atoms with Crippen LogP contribution in [0.2, 0.25) is 0 Å². The minimum Gasteiger partial charge on any atom is -0.493 e. The molecule has 15 heteroatoms. The predicted octanol–water partition coefficient (Wildman–Crippen LogP) is 3.63. The molecule has 0 saturated carbocycles. The highest BCUT2D eigenvalue weighted by Crippen LogP contribution is 2.38. The summed E-state index contributed by atoms with van der Waals surface area (Å²) in [5.41, 5.74) is -0.778. The van der Waals surface area contributed by atoms with Gasteiger partial charge in [0.05, 0.1) is 43.1 Å². The van der Waals surface area contributed by atoms with Gasteiger partial charge >= 0.3 is 11.9 Å². The number of aliphatic hydroxyl groups is 2. The fourth-order valence-electron chi connectivity index (χ4n) is 7.91. The number of hydrogen-bond donors (Lipinski definition) is 2. The van der Waals surface area contributed by atoms with Crippen LogP contribution in [0.25, 0.3) is 0 Å². The maximum absolute atomic E-state index is 13.3. The second-order valence-electron chi connectivity index (χ2n) is 15.6. The van der Waals surface area contributed by atoms with Gasteiger partial charge in [-0.3, -0.25) is 9.59 Å². The van der Waals surface area contributed by atoms with E-state index in [1.807, 2.05) is 31.7 Å². The Morgan fingerprint density at radius 1 is 1.05 bits per heavy atom. The lowest BCUT2D eigenvalue weighted by Crippen LogP contribution is -2.66. The lowest BCUT2D eigenvalue weighted by atomic mass is 9.82. The molecule has 0 bridgehead atoms. The van der Waals surface area contributed by atoms with E-state index in [1.165, 1.54) is 13.4 Å². The monoisotopic (exact) mass is 797 g/mol. The van der Waals surface area contributed by atoms with Crippen LogP contribution in [-0.4, -0.2) is 147 Å². The molecule has 2 saturated heterocycles. The number of carbonyl (C=O) groups excluding carboxylic acids is 3.